The van der Waals surface area contributed by atoms with Gasteiger partial charge in [-0.2, -0.15) is 13.2 Å². The van der Waals surface area contributed by atoms with Crippen molar-refractivity contribution in [2.24, 2.45) is 0 Å². The SMILES string of the molecule is O=C(c1ccc2[nH]ccc2c1)N1CCC(O)(C(F)(F)F)CC1. The predicted octanol–water partition coefficient (Wildman–Crippen LogP) is 2.70. The average molecular weight is 312 g/mol. The molecule has 0 radical (unpaired) electrons. The zero-order valence-electron chi connectivity index (χ0n) is 11.7. The Morgan fingerprint density at radius 1 is 1.23 bits per heavy atom. The summed E-state index contributed by atoms with van der Waals surface area (Å²) in [7, 11) is 0. The number of piperidine rings is 1. The van der Waals surface area contributed by atoms with Gasteiger partial charge in [-0.25, -0.2) is 0 Å². The molecule has 3 rings (SSSR count). The number of halogens is 3. The molecule has 1 aliphatic heterocycles. The molecule has 118 valence electrons. The number of aromatic nitrogens is 1. The molecule has 0 bridgehead atoms. The van der Waals surface area contributed by atoms with Gasteiger partial charge in [0, 0.05) is 48.6 Å². The maximum absolute atomic E-state index is 12.8. The lowest BCUT2D eigenvalue weighted by molar-refractivity contribution is -0.271. The van der Waals surface area contributed by atoms with E-state index in [1.807, 2.05) is 6.07 Å². The number of fused-ring (bicyclic) bond motifs is 1. The summed E-state index contributed by atoms with van der Waals surface area (Å²) in [5.41, 5.74) is -1.36. The molecular formula is C15H15F3N2O2. The highest BCUT2D eigenvalue weighted by molar-refractivity contribution is 5.98. The van der Waals surface area contributed by atoms with Crippen LogP contribution in [0.25, 0.3) is 10.9 Å². The lowest BCUT2D eigenvalue weighted by atomic mass is 9.90. The maximum atomic E-state index is 12.8. The highest BCUT2D eigenvalue weighted by Crippen LogP contribution is 2.38. The molecule has 1 fully saturated rings. The minimum atomic E-state index is -4.66. The summed E-state index contributed by atoms with van der Waals surface area (Å²) in [4.78, 5) is 16.7. The molecule has 4 nitrogen and oxygen atoms in total. The van der Waals surface area contributed by atoms with Crippen LogP contribution in [0.4, 0.5) is 13.2 Å². The predicted molar refractivity (Wildman–Crippen MR) is 74.4 cm³/mol. The minimum Gasteiger partial charge on any atom is -0.380 e. The van der Waals surface area contributed by atoms with Crippen molar-refractivity contribution in [2.75, 3.05) is 13.1 Å². The van der Waals surface area contributed by atoms with Gasteiger partial charge in [0.2, 0.25) is 0 Å². The Labute approximate surface area is 124 Å². The van der Waals surface area contributed by atoms with E-state index in [2.05, 4.69) is 4.98 Å². The van der Waals surface area contributed by atoms with Crippen LogP contribution in [-0.2, 0) is 0 Å². The van der Waals surface area contributed by atoms with Crippen molar-refractivity contribution >= 4 is 16.8 Å². The van der Waals surface area contributed by atoms with Crippen molar-refractivity contribution in [2.45, 2.75) is 24.6 Å². The second-order valence-electron chi connectivity index (χ2n) is 5.60. The molecular weight excluding hydrogens is 297 g/mol. The monoisotopic (exact) mass is 312 g/mol. The topological polar surface area (TPSA) is 56.3 Å². The number of hydrogen-bond donors (Lipinski definition) is 2. The van der Waals surface area contributed by atoms with Gasteiger partial charge < -0.3 is 15.0 Å². The van der Waals surface area contributed by atoms with Crippen LogP contribution in [0.2, 0.25) is 0 Å². The molecule has 2 aromatic rings. The average Bonchev–Trinajstić information content (AvgIpc) is 2.93. The van der Waals surface area contributed by atoms with Crippen LogP contribution < -0.4 is 0 Å². The molecule has 1 aromatic heterocycles. The summed E-state index contributed by atoms with van der Waals surface area (Å²) in [6.45, 7) is -0.222. The lowest BCUT2D eigenvalue weighted by Crippen LogP contribution is -2.54. The molecule has 0 unspecified atom stereocenters. The van der Waals surface area contributed by atoms with E-state index in [1.165, 1.54) is 4.90 Å². The van der Waals surface area contributed by atoms with Gasteiger partial charge in [-0.1, -0.05) is 0 Å². The van der Waals surface area contributed by atoms with Gasteiger partial charge in [-0.3, -0.25) is 4.79 Å². The first-order chi connectivity index (χ1) is 10.3. The van der Waals surface area contributed by atoms with Crippen LogP contribution in [0, 0.1) is 0 Å². The quantitative estimate of drug-likeness (QED) is 0.850. The summed E-state index contributed by atoms with van der Waals surface area (Å²) >= 11 is 0. The Balaban J connectivity index is 1.74. The lowest BCUT2D eigenvalue weighted by Gasteiger charge is -2.39. The molecule has 0 spiro atoms. The van der Waals surface area contributed by atoms with Gasteiger partial charge in [0.05, 0.1) is 0 Å². The van der Waals surface area contributed by atoms with E-state index in [9.17, 15) is 23.1 Å². The fourth-order valence-corrected chi connectivity index (χ4v) is 2.73. The third-order valence-corrected chi connectivity index (χ3v) is 4.21. The summed E-state index contributed by atoms with van der Waals surface area (Å²) < 4.78 is 38.3. The van der Waals surface area contributed by atoms with E-state index >= 15 is 0 Å². The van der Waals surface area contributed by atoms with Gasteiger partial charge in [-0.15, -0.1) is 0 Å². The number of nitrogens with zero attached hydrogens (tertiary/aromatic N) is 1. The van der Waals surface area contributed by atoms with E-state index in [1.54, 1.807) is 24.4 Å². The number of benzene rings is 1. The molecule has 2 N–H and O–H groups in total. The highest BCUT2D eigenvalue weighted by Gasteiger charge is 2.54. The molecule has 0 aliphatic carbocycles. The highest BCUT2D eigenvalue weighted by atomic mass is 19.4. The summed E-state index contributed by atoms with van der Waals surface area (Å²) in [5.74, 6) is -0.313. The minimum absolute atomic E-state index is 0.111. The molecule has 2 heterocycles. The molecule has 0 saturated carbocycles. The molecule has 1 aromatic carbocycles. The number of alkyl halides is 3. The maximum Gasteiger partial charge on any atom is 0.417 e. The third kappa shape index (κ3) is 2.45. The van der Waals surface area contributed by atoms with Crippen molar-refractivity contribution in [1.29, 1.82) is 0 Å². The van der Waals surface area contributed by atoms with Crippen molar-refractivity contribution in [3.63, 3.8) is 0 Å². The standard InChI is InChI=1S/C15H15F3N2O2/c16-15(17,18)14(22)4-7-20(8-5-14)13(21)11-1-2-12-10(9-11)3-6-19-12/h1-3,6,9,19,22H,4-5,7-8H2. The number of rotatable bonds is 1. The Hall–Kier alpha value is -2.02. The number of likely N-dealkylation sites (tertiary alicyclic amines) is 1. The van der Waals surface area contributed by atoms with Crippen LogP contribution in [0.3, 0.4) is 0 Å². The summed E-state index contributed by atoms with van der Waals surface area (Å²) in [6, 6.07) is 6.94. The number of amides is 1. The number of aliphatic hydroxyl groups is 1. The molecule has 22 heavy (non-hydrogen) atoms. The normalized spacial score (nSPS) is 18.6. The molecule has 7 heteroatoms. The van der Waals surface area contributed by atoms with Crippen molar-refractivity contribution in [1.82, 2.24) is 9.88 Å². The van der Waals surface area contributed by atoms with E-state index in [-0.39, 0.29) is 19.0 Å². The second-order valence-corrected chi connectivity index (χ2v) is 5.60. The number of hydrogen-bond acceptors (Lipinski definition) is 2. The molecule has 0 atom stereocenters. The van der Waals surface area contributed by atoms with Gasteiger partial charge in [0.15, 0.2) is 5.60 Å². The summed E-state index contributed by atoms with van der Waals surface area (Å²) in [5, 5.41) is 10.5. The zero-order valence-corrected chi connectivity index (χ0v) is 11.7. The first-order valence-electron chi connectivity index (χ1n) is 6.96. The van der Waals surface area contributed by atoms with Gasteiger partial charge >= 0.3 is 6.18 Å². The van der Waals surface area contributed by atoms with Crippen LogP contribution in [-0.4, -0.2) is 45.8 Å². The van der Waals surface area contributed by atoms with Crippen molar-refractivity contribution < 1.29 is 23.1 Å². The van der Waals surface area contributed by atoms with Crippen LogP contribution in [0.5, 0.6) is 0 Å². The van der Waals surface area contributed by atoms with Crippen LogP contribution in [0.15, 0.2) is 30.5 Å². The molecule has 1 aliphatic rings. The fraction of sp³-hybridized carbons (Fsp3) is 0.400. The Morgan fingerprint density at radius 3 is 2.55 bits per heavy atom. The van der Waals surface area contributed by atoms with E-state index in [4.69, 9.17) is 0 Å². The zero-order chi connectivity index (χ0) is 16.0. The Kier molecular flexibility index (Phi) is 3.40. The van der Waals surface area contributed by atoms with Crippen molar-refractivity contribution in [3.8, 4) is 0 Å². The number of carbonyl (C=O) groups excluding carboxylic acids is 1. The van der Waals surface area contributed by atoms with Gasteiger partial charge in [0.1, 0.15) is 0 Å². The fourth-order valence-electron chi connectivity index (χ4n) is 2.73. The number of nitrogens with one attached hydrogen (secondary N) is 1. The Bertz CT molecular complexity index is 700. The largest absolute Gasteiger partial charge is 0.417 e. The van der Waals surface area contributed by atoms with Crippen molar-refractivity contribution in [3.05, 3.63) is 36.0 Å². The Morgan fingerprint density at radius 2 is 1.91 bits per heavy atom. The van der Waals surface area contributed by atoms with E-state index in [0.717, 1.165) is 10.9 Å². The van der Waals surface area contributed by atoms with Gasteiger partial charge in [0.25, 0.3) is 5.91 Å². The summed E-state index contributed by atoms with van der Waals surface area (Å²) in [6.07, 6.45) is -3.89. The van der Waals surface area contributed by atoms with Crippen LogP contribution >= 0.6 is 0 Å². The third-order valence-electron chi connectivity index (χ3n) is 4.21. The van der Waals surface area contributed by atoms with E-state index in [0.29, 0.717) is 5.56 Å². The first-order valence-corrected chi connectivity index (χ1v) is 6.96. The number of aromatic amines is 1. The molecule has 1 saturated heterocycles. The smallest absolute Gasteiger partial charge is 0.380 e. The van der Waals surface area contributed by atoms with Crippen LogP contribution in [0.1, 0.15) is 23.2 Å². The number of carbonyl (C=O) groups is 1. The van der Waals surface area contributed by atoms with Gasteiger partial charge in [-0.05, 0) is 24.3 Å². The second kappa shape index (κ2) is 5.01. The van der Waals surface area contributed by atoms with E-state index < -0.39 is 24.6 Å². The number of H-pyrrole nitrogens is 1. The first kappa shape index (κ1) is 14.9. The molecule has 1 amide bonds.